The molecule has 2 heterocycles. The molecule has 1 saturated heterocycles. The number of rotatable bonds is 8. The number of aliphatic hydroxyl groups is 1. The molecule has 1 saturated carbocycles. The number of anilines is 2. The first-order valence-corrected chi connectivity index (χ1v) is 16.3. The number of nitrogens with one attached hydrogen (secondary N) is 2. The maximum atomic E-state index is 13.6. The minimum atomic E-state index is -4.44. The molecule has 44 heavy (non-hydrogen) atoms. The van der Waals surface area contributed by atoms with Gasteiger partial charge in [0, 0.05) is 42.3 Å². The molecule has 0 spiro atoms. The van der Waals surface area contributed by atoms with Crippen molar-refractivity contribution in [3.05, 3.63) is 48.2 Å². The number of piperidine rings is 1. The van der Waals surface area contributed by atoms with E-state index in [0.717, 1.165) is 57.3 Å². The zero-order chi connectivity index (χ0) is 31.5. The van der Waals surface area contributed by atoms with Crippen molar-refractivity contribution in [2.45, 2.75) is 74.3 Å². The van der Waals surface area contributed by atoms with Crippen LogP contribution in [-0.4, -0.2) is 74.1 Å². The SMILES string of the molecule is COc1cc(S(N)(=O)=O)ccc1NCC#Cc1cc2c(N[C@H]3CC[C@@H](N4CCC(O)CC4)CC3)cccc2n1CC(F)(F)F. The zero-order valence-corrected chi connectivity index (χ0v) is 25.3. The van der Waals surface area contributed by atoms with Crippen molar-refractivity contribution in [2.75, 3.05) is 37.4 Å². The van der Waals surface area contributed by atoms with E-state index in [4.69, 9.17) is 9.88 Å². The lowest BCUT2D eigenvalue weighted by Crippen LogP contribution is -2.45. The lowest BCUT2D eigenvalue weighted by Gasteiger charge is -2.40. The number of nitrogens with two attached hydrogens (primary N) is 1. The Morgan fingerprint density at radius 2 is 1.77 bits per heavy atom. The van der Waals surface area contributed by atoms with Gasteiger partial charge in [0.05, 0.1) is 41.6 Å². The van der Waals surface area contributed by atoms with Gasteiger partial charge in [-0.3, -0.25) is 0 Å². The summed E-state index contributed by atoms with van der Waals surface area (Å²) in [5.74, 6) is 6.01. The van der Waals surface area contributed by atoms with Gasteiger partial charge in [-0.05, 0) is 74.8 Å². The quantitative estimate of drug-likeness (QED) is 0.270. The Hall–Kier alpha value is -3.44. The van der Waals surface area contributed by atoms with Crippen LogP contribution in [0, 0.1) is 11.8 Å². The number of fused-ring (bicyclic) bond motifs is 1. The monoisotopic (exact) mass is 633 g/mol. The van der Waals surface area contributed by atoms with Gasteiger partial charge in [-0.25, -0.2) is 13.6 Å². The third-order valence-electron chi connectivity index (χ3n) is 8.44. The van der Waals surface area contributed by atoms with Crippen LogP contribution in [0.25, 0.3) is 10.9 Å². The zero-order valence-electron chi connectivity index (χ0n) is 24.5. The lowest BCUT2D eigenvalue weighted by molar-refractivity contribution is -0.140. The van der Waals surface area contributed by atoms with E-state index in [2.05, 4.69) is 27.4 Å². The number of hydrogen-bond acceptors (Lipinski definition) is 7. The summed E-state index contributed by atoms with van der Waals surface area (Å²) in [5.41, 5.74) is 1.93. The molecule has 9 nitrogen and oxygen atoms in total. The largest absolute Gasteiger partial charge is 0.495 e. The third-order valence-corrected chi connectivity index (χ3v) is 9.35. The molecule has 0 atom stereocenters. The van der Waals surface area contributed by atoms with Crippen LogP contribution in [0.4, 0.5) is 24.5 Å². The average Bonchev–Trinajstić information content (AvgIpc) is 3.32. The normalized spacial score (nSPS) is 20.2. The topological polar surface area (TPSA) is 122 Å². The highest BCUT2D eigenvalue weighted by molar-refractivity contribution is 7.89. The van der Waals surface area contributed by atoms with Crippen LogP contribution >= 0.6 is 0 Å². The molecule has 0 bridgehead atoms. The van der Waals surface area contributed by atoms with Gasteiger partial charge in [0.2, 0.25) is 10.0 Å². The van der Waals surface area contributed by atoms with E-state index in [9.17, 15) is 26.7 Å². The van der Waals surface area contributed by atoms with Gasteiger partial charge < -0.3 is 29.9 Å². The molecule has 13 heteroatoms. The molecule has 5 N–H and O–H groups in total. The van der Waals surface area contributed by atoms with Crippen molar-refractivity contribution in [2.24, 2.45) is 5.14 Å². The van der Waals surface area contributed by atoms with E-state index < -0.39 is 22.7 Å². The smallest absolute Gasteiger partial charge is 0.406 e. The number of sulfonamides is 1. The Kier molecular flexibility index (Phi) is 9.65. The van der Waals surface area contributed by atoms with Crippen LogP contribution in [0.3, 0.4) is 0 Å². The summed E-state index contributed by atoms with van der Waals surface area (Å²) in [6.07, 6.45) is 1.01. The number of halogens is 3. The van der Waals surface area contributed by atoms with E-state index in [1.807, 2.05) is 6.07 Å². The summed E-state index contributed by atoms with van der Waals surface area (Å²) in [6, 6.07) is 11.9. The Morgan fingerprint density at radius 1 is 1.05 bits per heavy atom. The predicted molar refractivity (Wildman–Crippen MR) is 164 cm³/mol. The Balaban J connectivity index is 1.31. The van der Waals surface area contributed by atoms with Gasteiger partial charge in [0.25, 0.3) is 0 Å². The molecule has 1 aliphatic heterocycles. The number of methoxy groups -OCH3 is 1. The highest BCUT2D eigenvalue weighted by Gasteiger charge is 2.31. The van der Waals surface area contributed by atoms with Crippen molar-refractivity contribution >= 4 is 32.3 Å². The molecule has 2 aromatic carbocycles. The molecular formula is C31H38F3N5O4S. The van der Waals surface area contributed by atoms with Crippen LogP contribution < -0.4 is 20.5 Å². The molecule has 3 aromatic rings. The summed E-state index contributed by atoms with van der Waals surface area (Å²) < 4.78 is 70.6. The molecular weight excluding hydrogens is 595 g/mol. The van der Waals surface area contributed by atoms with Crippen molar-refractivity contribution in [3.8, 4) is 17.6 Å². The number of nitrogens with zero attached hydrogens (tertiary/aromatic N) is 2. The van der Waals surface area contributed by atoms with Gasteiger partial charge in [-0.15, -0.1) is 0 Å². The van der Waals surface area contributed by atoms with Crippen LogP contribution in [0.5, 0.6) is 5.75 Å². The summed E-state index contributed by atoms with van der Waals surface area (Å²) in [6.45, 7) is 0.750. The molecule has 0 amide bonds. The number of alkyl halides is 3. The standard InChI is InChI=1S/C31H38F3N5O4S/c1-43-30-19-25(44(35,41)42)11-12-28(30)36-15-3-4-23-18-26-27(5-2-6-29(26)39(23)20-31(32,33)34)37-21-7-9-22(10-8-21)38-16-13-24(40)14-17-38/h2,5-6,11-12,18-19,21-22,24,36-37,40H,7-10,13-17,20H2,1H3,(H2,35,41,42)/t21-,22+. The van der Waals surface area contributed by atoms with Gasteiger partial charge in [0.1, 0.15) is 12.3 Å². The minimum Gasteiger partial charge on any atom is -0.495 e. The molecule has 5 rings (SSSR count). The van der Waals surface area contributed by atoms with Crippen LogP contribution in [0.2, 0.25) is 0 Å². The predicted octanol–water partition coefficient (Wildman–Crippen LogP) is 4.50. The fraction of sp³-hybridized carbons (Fsp3) is 0.484. The summed E-state index contributed by atoms with van der Waals surface area (Å²) in [7, 11) is -2.53. The van der Waals surface area contributed by atoms with Crippen molar-refractivity contribution in [1.29, 1.82) is 0 Å². The Morgan fingerprint density at radius 3 is 2.43 bits per heavy atom. The molecule has 1 aliphatic carbocycles. The van der Waals surface area contributed by atoms with E-state index in [-0.39, 0.29) is 35.0 Å². The second-order valence-electron chi connectivity index (χ2n) is 11.4. The lowest BCUT2D eigenvalue weighted by atomic mass is 9.88. The van der Waals surface area contributed by atoms with Crippen LogP contribution in [0.15, 0.2) is 47.4 Å². The number of aromatic nitrogens is 1. The summed E-state index contributed by atoms with van der Waals surface area (Å²) in [4.78, 5) is 2.37. The van der Waals surface area contributed by atoms with Crippen molar-refractivity contribution in [1.82, 2.24) is 9.47 Å². The molecule has 2 fully saturated rings. The number of hydrogen-bond donors (Lipinski definition) is 4. The fourth-order valence-electron chi connectivity index (χ4n) is 6.19. The highest BCUT2D eigenvalue weighted by Crippen LogP contribution is 2.33. The average molecular weight is 634 g/mol. The van der Waals surface area contributed by atoms with Gasteiger partial charge in [0.15, 0.2) is 0 Å². The number of ether oxygens (including phenoxy) is 1. The van der Waals surface area contributed by atoms with E-state index in [1.54, 1.807) is 18.2 Å². The summed E-state index contributed by atoms with van der Waals surface area (Å²) in [5, 5.41) is 22.3. The van der Waals surface area contributed by atoms with E-state index >= 15 is 0 Å². The molecule has 1 aromatic heterocycles. The first-order chi connectivity index (χ1) is 20.9. The number of benzene rings is 2. The highest BCUT2D eigenvalue weighted by atomic mass is 32.2. The Bertz CT molecular complexity index is 1630. The molecule has 238 valence electrons. The second kappa shape index (κ2) is 13.3. The maximum absolute atomic E-state index is 13.6. The summed E-state index contributed by atoms with van der Waals surface area (Å²) >= 11 is 0. The van der Waals surface area contributed by atoms with Gasteiger partial charge in [-0.1, -0.05) is 12.0 Å². The van der Waals surface area contributed by atoms with Gasteiger partial charge >= 0.3 is 6.18 Å². The second-order valence-corrected chi connectivity index (χ2v) is 13.0. The number of likely N-dealkylation sites (tertiary alicyclic amines) is 1. The Labute approximate surface area is 255 Å². The molecule has 0 radical (unpaired) electrons. The van der Waals surface area contributed by atoms with Crippen molar-refractivity contribution in [3.63, 3.8) is 0 Å². The molecule has 0 unspecified atom stereocenters. The van der Waals surface area contributed by atoms with Crippen LogP contribution in [-0.2, 0) is 16.6 Å². The van der Waals surface area contributed by atoms with Crippen LogP contribution in [0.1, 0.15) is 44.2 Å². The minimum absolute atomic E-state index is 0.0724. The fourth-order valence-corrected chi connectivity index (χ4v) is 6.72. The third kappa shape index (κ3) is 7.79. The first-order valence-electron chi connectivity index (χ1n) is 14.7. The maximum Gasteiger partial charge on any atom is 0.406 e. The first kappa shape index (κ1) is 32.0. The molecule has 2 aliphatic rings. The number of primary sulfonamides is 1. The van der Waals surface area contributed by atoms with Gasteiger partial charge in [-0.2, -0.15) is 13.2 Å². The van der Waals surface area contributed by atoms with E-state index in [0.29, 0.717) is 22.6 Å². The van der Waals surface area contributed by atoms with E-state index in [1.165, 1.54) is 29.9 Å². The van der Waals surface area contributed by atoms with Crippen molar-refractivity contribution < 1.29 is 31.4 Å². The number of aliphatic hydroxyl groups excluding tert-OH is 1.